The molecule has 2 amide bonds. The van der Waals surface area contributed by atoms with Crippen LogP contribution in [0.3, 0.4) is 0 Å². The van der Waals surface area contributed by atoms with E-state index in [0.29, 0.717) is 28.9 Å². The standard InChI is InChI=1S/C23H24N8O5S/c1-28-19-18(21(34)29(2)23(28)35)30(12-24-19)9-8-16(32)25-22-27-26-20(37-22)13-10-17(33)31(11-13)14-4-6-15(36-3)7-5-14/h4-7,12-13H,8-11H2,1-3H3,(H,25,27,32). The molecule has 1 N–H and O–H groups in total. The number of aromatic nitrogens is 6. The van der Waals surface area contributed by atoms with Gasteiger partial charge in [0.15, 0.2) is 11.2 Å². The third-order valence-electron chi connectivity index (χ3n) is 6.34. The predicted octanol–water partition coefficient (Wildman–Crippen LogP) is 0.843. The molecule has 4 heterocycles. The highest BCUT2D eigenvalue weighted by atomic mass is 32.1. The topological polar surface area (TPSA) is 146 Å². The second-order valence-electron chi connectivity index (χ2n) is 8.66. The zero-order valence-corrected chi connectivity index (χ0v) is 21.2. The quantitative estimate of drug-likeness (QED) is 0.374. The first-order valence-electron chi connectivity index (χ1n) is 11.5. The number of carbonyl (C=O) groups is 2. The van der Waals surface area contributed by atoms with Crippen molar-refractivity contribution >= 4 is 45.1 Å². The molecule has 1 fully saturated rings. The van der Waals surface area contributed by atoms with Gasteiger partial charge in [0.25, 0.3) is 5.56 Å². The summed E-state index contributed by atoms with van der Waals surface area (Å²) in [5, 5.41) is 12.0. The molecule has 37 heavy (non-hydrogen) atoms. The van der Waals surface area contributed by atoms with Crippen molar-refractivity contribution in [3.63, 3.8) is 0 Å². The van der Waals surface area contributed by atoms with E-state index in [4.69, 9.17) is 4.74 Å². The Morgan fingerprint density at radius 2 is 1.89 bits per heavy atom. The zero-order valence-electron chi connectivity index (χ0n) is 20.4. The van der Waals surface area contributed by atoms with Gasteiger partial charge in [0, 0.05) is 51.6 Å². The second-order valence-corrected chi connectivity index (χ2v) is 9.67. The van der Waals surface area contributed by atoms with Crippen molar-refractivity contribution < 1.29 is 14.3 Å². The van der Waals surface area contributed by atoms with Crippen LogP contribution in [0.25, 0.3) is 11.2 Å². The lowest BCUT2D eigenvalue weighted by atomic mass is 10.1. The van der Waals surface area contributed by atoms with Crippen molar-refractivity contribution in [1.82, 2.24) is 28.9 Å². The Morgan fingerprint density at radius 3 is 2.62 bits per heavy atom. The molecule has 1 aliphatic heterocycles. The Balaban J connectivity index is 1.22. The largest absolute Gasteiger partial charge is 0.497 e. The van der Waals surface area contributed by atoms with Gasteiger partial charge in [0.2, 0.25) is 16.9 Å². The fourth-order valence-corrected chi connectivity index (χ4v) is 5.16. The van der Waals surface area contributed by atoms with Gasteiger partial charge in [-0.3, -0.25) is 23.5 Å². The number of hydrogen-bond donors (Lipinski definition) is 1. The maximum Gasteiger partial charge on any atom is 0.332 e. The molecule has 1 saturated heterocycles. The molecule has 1 atom stereocenters. The Labute approximate surface area is 213 Å². The molecule has 1 aliphatic rings. The number of benzene rings is 1. The van der Waals surface area contributed by atoms with Crippen molar-refractivity contribution in [3.8, 4) is 5.75 Å². The van der Waals surface area contributed by atoms with Crippen LogP contribution in [0.4, 0.5) is 10.8 Å². The number of anilines is 2. The molecule has 4 aromatic rings. The van der Waals surface area contributed by atoms with Gasteiger partial charge < -0.3 is 19.5 Å². The first kappa shape index (κ1) is 24.4. The van der Waals surface area contributed by atoms with Crippen molar-refractivity contribution in [1.29, 1.82) is 0 Å². The lowest BCUT2D eigenvalue weighted by Gasteiger charge is -2.16. The number of fused-ring (bicyclic) bond motifs is 1. The van der Waals surface area contributed by atoms with Crippen LogP contribution >= 0.6 is 11.3 Å². The number of ether oxygens (including phenoxy) is 1. The van der Waals surface area contributed by atoms with Crippen molar-refractivity contribution in [3.05, 3.63) is 56.4 Å². The molecular formula is C23H24N8O5S. The van der Waals surface area contributed by atoms with Crippen molar-refractivity contribution in [2.45, 2.75) is 25.3 Å². The molecule has 1 unspecified atom stereocenters. The smallest absolute Gasteiger partial charge is 0.332 e. The minimum Gasteiger partial charge on any atom is -0.497 e. The molecule has 0 radical (unpaired) electrons. The van der Waals surface area contributed by atoms with Crippen molar-refractivity contribution in [2.24, 2.45) is 14.1 Å². The highest BCUT2D eigenvalue weighted by molar-refractivity contribution is 7.15. The van der Waals surface area contributed by atoms with Crippen LogP contribution < -0.4 is 26.2 Å². The fraction of sp³-hybridized carbons (Fsp3) is 0.348. The van der Waals surface area contributed by atoms with Gasteiger partial charge in [0.1, 0.15) is 10.8 Å². The highest BCUT2D eigenvalue weighted by Crippen LogP contribution is 2.34. The molecule has 5 rings (SSSR count). The molecule has 0 bridgehead atoms. The Bertz CT molecular complexity index is 1620. The number of hydrogen-bond acceptors (Lipinski definition) is 9. The average molecular weight is 525 g/mol. The third-order valence-corrected chi connectivity index (χ3v) is 7.34. The third kappa shape index (κ3) is 4.50. The summed E-state index contributed by atoms with van der Waals surface area (Å²) in [6.45, 7) is 0.661. The van der Waals surface area contributed by atoms with E-state index >= 15 is 0 Å². The van der Waals surface area contributed by atoms with Crippen LogP contribution in [-0.4, -0.2) is 54.4 Å². The Morgan fingerprint density at radius 1 is 1.14 bits per heavy atom. The molecule has 0 aliphatic carbocycles. The van der Waals surface area contributed by atoms with Crippen molar-refractivity contribution in [2.75, 3.05) is 23.9 Å². The summed E-state index contributed by atoms with van der Waals surface area (Å²) in [6.07, 6.45) is 1.80. The maximum atomic E-state index is 12.6. The Hall–Kier alpha value is -4.33. The summed E-state index contributed by atoms with van der Waals surface area (Å²) in [5.41, 5.74) is 0.358. The summed E-state index contributed by atoms with van der Waals surface area (Å²) < 4.78 is 9.03. The number of methoxy groups -OCH3 is 1. The summed E-state index contributed by atoms with van der Waals surface area (Å²) in [4.78, 5) is 55.7. The maximum absolute atomic E-state index is 12.6. The zero-order chi connectivity index (χ0) is 26.3. The number of aryl methyl sites for hydroxylation is 2. The Kier molecular flexibility index (Phi) is 6.33. The monoisotopic (exact) mass is 524 g/mol. The number of imidazole rings is 1. The second kappa shape index (κ2) is 9.61. The van der Waals surface area contributed by atoms with Gasteiger partial charge in [-0.15, -0.1) is 10.2 Å². The highest BCUT2D eigenvalue weighted by Gasteiger charge is 2.34. The van der Waals surface area contributed by atoms with E-state index in [-0.39, 0.29) is 41.9 Å². The van der Waals surface area contributed by atoms with Crippen LogP contribution in [0, 0.1) is 0 Å². The molecular weight excluding hydrogens is 500 g/mol. The minimum absolute atomic E-state index is 0.00727. The summed E-state index contributed by atoms with van der Waals surface area (Å²) in [7, 11) is 4.52. The van der Waals surface area contributed by atoms with Gasteiger partial charge >= 0.3 is 5.69 Å². The molecule has 192 valence electrons. The first-order chi connectivity index (χ1) is 17.8. The molecule has 0 spiro atoms. The van der Waals surface area contributed by atoms with Gasteiger partial charge in [-0.1, -0.05) is 11.3 Å². The average Bonchev–Trinajstić information content (AvgIpc) is 3.63. The summed E-state index contributed by atoms with van der Waals surface area (Å²) >= 11 is 1.23. The van der Waals surface area contributed by atoms with Crippen LogP contribution in [0.1, 0.15) is 23.8 Å². The predicted molar refractivity (Wildman–Crippen MR) is 136 cm³/mol. The van der Waals surface area contributed by atoms with E-state index in [1.165, 1.54) is 36.3 Å². The molecule has 13 nitrogen and oxygen atoms in total. The fourth-order valence-electron chi connectivity index (χ4n) is 4.31. The van der Waals surface area contributed by atoms with Crippen LogP contribution in [-0.2, 0) is 30.2 Å². The number of nitrogens with zero attached hydrogens (tertiary/aromatic N) is 7. The molecule has 0 saturated carbocycles. The minimum atomic E-state index is -0.473. The van der Waals surface area contributed by atoms with Crippen LogP contribution in [0.5, 0.6) is 5.75 Å². The van der Waals surface area contributed by atoms with E-state index in [9.17, 15) is 19.2 Å². The van der Waals surface area contributed by atoms with Gasteiger partial charge in [-0.25, -0.2) is 9.78 Å². The lowest BCUT2D eigenvalue weighted by molar-refractivity contribution is -0.117. The summed E-state index contributed by atoms with van der Waals surface area (Å²) in [5.74, 6) is 0.268. The SMILES string of the molecule is COc1ccc(N2CC(c3nnc(NC(=O)CCn4cnc5c4c(=O)n(C)c(=O)n5C)s3)CC2=O)cc1. The van der Waals surface area contributed by atoms with Gasteiger partial charge in [-0.2, -0.15) is 0 Å². The molecule has 1 aromatic carbocycles. The lowest BCUT2D eigenvalue weighted by Crippen LogP contribution is -2.37. The van der Waals surface area contributed by atoms with Crippen LogP contribution in [0.2, 0.25) is 0 Å². The van der Waals surface area contributed by atoms with E-state index in [0.717, 1.165) is 10.3 Å². The van der Waals surface area contributed by atoms with Gasteiger partial charge in [-0.05, 0) is 24.3 Å². The number of rotatable bonds is 7. The molecule has 3 aromatic heterocycles. The molecule has 14 heteroatoms. The first-order valence-corrected chi connectivity index (χ1v) is 12.3. The van der Waals surface area contributed by atoms with Gasteiger partial charge in [0.05, 0.1) is 13.4 Å². The van der Waals surface area contributed by atoms with E-state index in [2.05, 4.69) is 20.5 Å². The summed E-state index contributed by atoms with van der Waals surface area (Å²) in [6, 6.07) is 7.29. The number of nitrogens with one attached hydrogen (secondary N) is 1. The normalized spacial score (nSPS) is 15.5. The van der Waals surface area contributed by atoms with E-state index < -0.39 is 11.2 Å². The number of amides is 2. The number of carbonyl (C=O) groups excluding carboxylic acids is 2. The van der Waals surface area contributed by atoms with Crippen LogP contribution in [0.15, 0.2) is 40.2 Å². The van der Waals surface area contributed by atoms with E-state index in [1.807, 2.05) is 12.1 Å². The van der Waals surface area contributed by atoms with E-state index in [1.54, 1.807) is 28.7 Å².